The van der Waals surface area contributed by atoms with Crippen LogP contribution in [0.3, 0.4) is 0 Å². The van der Waals surface area contributed by atoms with Gasteiger partial charge in [0.15, 0.2) is 0 Å². The monoisotopic (exact) mass is 208 g/mol. The molecule has 0 aliphatic heterocycles. The highest BCUT2D eigenvalue weighted by Gasteiger charge is 2.05. The second-order valence-electron chi connectivity index (χ2n) is 2.80. The number of anilines is 1. The van der Waals surface area contributed by atoms with E-state index in [1.165, 1.54) is 0 Å². The van der Waals surface area contributed by atoms with Crippen LogP contribution in [0.2, 0.25) is 5.02 Å². The molecule has 1 aromatic carbocycles. The zero-order valence-electron chi connectivity index (χ0n) is 7.67. The molecule has 1 aromatic rings. The molecule has 14 heavy (non-hydrogen) atoms. The summed E-state index contributed by atoms with van der Waals surface area (Å²) in [7, 11) is 0. The Morgan fingerprint density at radius 1 is 1.64 bits per heavy atom. The molecule has 1 rings (SSSR count). The maximum absolute atomic E-state index is 11.1. The molecule has 3 nitrogen and oxygen atoms in total. The predicted molar refractivity (Wildman–Crippen MR) is 55.0 cm³/mol. The second kappa shape index (κ2) is 4.64. The summed E-state index contributed by atoms with van der Waals surface area (Å²) < 4.78 is 0. The maximum Gasteiger partial charge on any atom is 0.238 e. The lowest BCUT2D eigenvalue weighted by molar-refractivity contribution is -0.115. The van der Waals surface area contributed by atoms with Crippen molar-refractivity contribution < 1.29 is 4.79 Å². The van der Waals surface area contributed by atoms with Gasteiger partial charge in [-0.1, -0.05) is 17.7 Å². The first-order valence-corrected chi connectivity index (χ1v) is 4.45. The van der Waals surface area contributed by atoms with Gasteiger partial charge in [-0.2, -0.15) is 5.26 Å². The lowest BCUT2D eigenvalue weighted by Crippen LogP contribution is -2.11. The molecular formula is C10H9ClN2O. The fourth-order valence-electron chi connectivity index (χ4n) is 1.01. The molecule has 0 unspecified atom stereocenters. The van der Waals surface area contributed by atoms with E-state index in [0.29, 0.717) is 10.7 Å². The van der Waals surface area contributed by atoms with Gasteiger partial charge in [0.2, 0.25) is 5.91 Å². The van der Waals surface area contributed by atoms with Gasteiger partial charge in [-0.15, -0.1) is 0 Å². The molecule has 0 bridgehead atoms. The van der Waals surface area contributed by atoms with Crippen molar-refractivity contribution in [2.45, 2.75) is 13.3 Å². The first-order chi connectivity index (χ1) is 6.65. The van der Waals surface area contributed by atoms with E-state index in [1.54, 1.807) is 24.3 Å². The largest absolute Gasteiger partial charge is 0.325 e. The lowest BCUT2D eigenvalue weighted by Gasteiger charge is -2.07. The minimum atomic E-state index is -0.321. The molecular weight excluding hydrogens is 200 g/mol. The van der Waals surface area contributed by atoms with Gasteiger partial charge in [0.05, 0.1) is 6.07 Å². The Balaban J connectivity index is 2.83. The maximum atomic E-state index is 11.1. The highest BCUT2D eigenvalue weighted by Crippen LogP contribution is 2.22. The van der Waals surface area contributed by atoms with E-state index in [2.05, 4.69) is 5.32 Å². The predicted octanol–water partition coefficient (Wildman–Crippen LogP) is 2.50. The standard InChI is InChI=1S/C10H9ClN2O/c1-7-8(11)3-2-4-9(7)13-10(14)5-6-12/h2-4H,5H2,1H3,(H,13,14). The minimum Gasteiger partial charge on any atom is -0.325 e. The SMILES string of the molecule is Cc1c(Cl)cccc1NC(=O)CC#N. The molecule has 4 heteroatoms. The van der Waals surface area contributed by atoms with Gasteiger partial charge in [-0.05, 0) is 24.6 Å². The van der Waals surface area contributed by atoms with Crippen LogP contribution in [0.5, 0.6) is 0 Å². The summed E-state index contributed by atoms with van der Waals surface area (Å²) in [5.41, 5.74) is 1.46. The van der Waals surface area contributed by atoms with Crippen molar-refractivity contribution in [3.63, 3.8) is 0 Å². The Morgan fingerprint density at radius 2 is 2.36 bits per heavy atom. The van der Waals surface area contributed by atoms with Crippen LogP contribution in [0.25, 0.3) is 0 Å². The topological polar surface area (TPSA) is 52.9 Å². The van der Waals surface area contributed by atoms with E-state index in [9.17, 15) is 4.79 Å². The van der Waals surface area contributed by atoms with Gasteiger partial charge in [0.25, 0.3) is 0 Å². The summed E-state index contributed by atoms with van der Waals surface area (Å²) in [6, 6.07) is 7.02. The van der Waals surface area contributed by atoms with Crippen LogP contribution in [0.4, 0.5) is 5.69 Å². The van der Waals surface area contributed by atoms with Gasteiger partial charge in [0, 0.05) is 10.7 Å². The number of carbonyl (C=O) groups is 1. The van der Waals surface area contributed by atoms with Crippen molar-refractivity contribution in [3.05, 3.63) is 28.8 Å². The van der Waals surface area contributed by atoms with Crippen LogP contribution >= 0.6 is 11.6 Å². The lowest BCUT2D eigenvalue weighted by atomic mass is 10.2. The highest BCUT2D eigenvalue weighted by molar-refractivity contribution is 6.31. The first kappa shape index (κ1) is 10.6. The van der Waals surface area contributed by atoms with E-state index in [1.807, 2.05) is 6.92 Å². The van der Waals surface area contributed by atoms with Crippen LogP contribution in [-0.4, -0.2) is 5.91 Å². The molecule has 0 fully saturated rings. The summed E-state index contributed by atoms with van der Waals surface area (Å²) in [6.07, 6.45) is -0.147. The van der Waals surface area contributed by atoms with Gasteiger partial charge in [-0.3, -0.25) is 4.79 Å². The van der Waals surface area contributed by atoms with Gasteiger partial charge < -0.3 is 5.32 Å². The summed E-state index contributed by atoms with van der Waals surface area (Å²) >= 11 is 5.86. The number of nitriles is 1. The van der Waals surface area contributed by atoms with E-state index in [-0.39, 0.29) is 12.3 Å². The molecule has 0 atom stereocenters. The van der Waals surface area contributed by atoms with Crippen LogP contribution < -0.4 is 5.32 Å². The number of benzene rings is 1. The molecule has 0 heterocycles. The molecule has 0 saturated carbocycles. The van der Waals surface area contributed by atoms with Crippen LogP contribution in [0.1, 0.15) is 12.0 Å². The normalized spacial score (nSPS) is 9.21. The van der Waals surface area contributed by atoms with Crippen molar-refractivity contribution in [2.24, 2.45) is 0 Å². The number of halogens is 1. The number of nitrogens with zero attached hydrogens (tertiary/aromatic N) is 1. The quantitative estimate of drug-likeness (QED) is 0.812. The fourth-order valence-corrected chi connectivity index (χ4v) is 1.18. The fraction of sp³-hybridized carbons (Fsp3) is 0.200. The number of amides is 1. The van der Waals surface area contributed by atoms with Crippen LogP contribution in [-0.2, 0) is 4.79 Å². The third-order valence-corrected chi connectivity index (χ3v) is 2.19. The summed E-state index contributed by atoms with van der Waals surface area (Å²) in [5, 5.41) is 11.5. The van der Waals surface area contributed by atoms with Crippen LogP contribution in [0.15, 0.2) is 18.2 Å². The number of nitrogens with one attached hydrogen (secondary N) is 1. The Labute approximate surface area is 87.3 Å². The summed E-state index contributed by atoms with van der Waals surface area (Å²) in [4.78, 5) is 11.1. The Kier molecular flexibility index (Phi) is 3.49. The van der Waals surface area contributed by atoms with Crippen molar-refractivity contribution in [3.8, 4) is 6.07 Å². The van der Waals surface area contributed by atoms with Gasteiger partial charge in [-0.25, -0.2) is 0 Å². The van der Waals surface area contributed by atoms with Crippen molar-refractivity contribution in [1.82, 2.24) is 0 Å². The molecule has 0 aliphatic rings. The smallest absolute Gasteiger partial charge is 0.238 e. The summed E-state index contributed by atoms with van der Waals surface area (Å²) in [5.74, 6) is -0.321. The number of hydrogen-bond donors (Lipinski definition) is 1. The molecule has 0 spiro atoms. The Hall–Kier alpha value is -1.53. The molecule has 0 saturated heterocycles. The summed E-state index contributed by atoms with van der Waals surface area (Å²) in [6.45, 7) is 1.81. The molecule has 1 amide bonds. The number of rotatable bonds is 2. The van der Waals surface area contributed by atoms with E-state index >= 15 is 0 Å². The third kappa shape index (κ3) is 2.48. The Bertz CT molecular complexity index is 396. The van der Waals surface area contributed by atoms with Crippen molar-refractivity contribution in [2.75, 3.05) is 5.32 Å². The number of carbonyl (C=O) groups excluding carboxylic acids is 1. The van der Waals surface area contributed by atoms with E-state index in [0.717, 1.165) is 5.56 Å². The highest BCUT2D eigenvalue weighted by atomic mass is 35.5. The average Bonchev–Trinajstić information content (AvgIpc) is 2.13. The van der Waals surface area contributed by atoms with E-state index < -0.39 is 0 Å². The van der Waals surface area contributed by atoms with E-state index in [4.69, 9.17) is 16.9 Å². The van der Waals surface area contributed by atoms with Gasteiger partial charge in [0.1, 0.15) is 6.42 Å². The van der Waals surface area contributed by atoms with Crippen molar-refractivity contribution in [1.29, 1.82) is 5.26 Å². The Morgan fingerprint density at radius 3 is 3.00 bits per heavy atom. The molecule has 0 radical (unpaired) electrons. The molecule has 0 aliphatic carbocycles. The van der Waals surface area contributed by atoms with Crippen molar-refractivity contribution >= 4 is 23.2 Å². The second-order valence-corrected chi connectivity index (χ2v) is 3.20. The molecule has 1 N–H and O–H groups in total. The molecule has 72 valence electrons. The minimum absolute atomic E-state index is 0.147. The zero-order chi connectivity index (χ0) is 10.6. The number of hydrogen-bond acceptors (Lipinski definition) is 2. The first-order valence-electron chi connectivity index (χ1n) is 4.07. The average molecular weight is 209 g/mol. The van der Waals surface area contributed by atoms with Crippen LogP contribution in [0, 0.1) is 18.3 Å². The third-order valence-electron chi connectivity index (χ3n) is 1.78. The molecule has 0 aromatic heterocycles. The van der Waals surface area contributed by atoms with Gasteiger partial charge >= 0.3 is 0 Å². The zero-order valence-corrected chi connectivity index (χ0v) is 8.43.